The molecule has 0 aliphatic heterocycles. The van der Waals surface area contributed by atoms with Crippen molar-refractivity contribution in [2.75, 3.05) is 6.54 Å². The van der Waals surface area contributed by atoms with Crippen molar-refractivity contribution in [2.24, 2.45) is 0 Å². The fraction of sp³-hybridized carbons (Fsp3) is 0.150. The van der Waals surface area contributed by atoms with Gasteiger partial charge in [-0.05, 0) is 36.4 Å². The number of ether oxygens (including phenoxy) is 1. The number of benzene rings is 2. The van der Waals surface area contributed by atoms with Crippen molar-refractivity contribution in [3.8, 4) is 11.8 Å². The number of nitrogens with one attached hydrogen (secondary N) is 1. The average molecular weight is 410 g/mol. The van der Waals surface area contributed by atoms with Crippen molar-refractivity contribution in [1.82, 2.24) is 14.5 Å². The van der Waals surface area contributed by atoms with E-state index in [2.05, 4.69) is 9.82 Å². The topological polar surface area (TPSA) is 114 Å². The van der Waals surface area contributed by atoms with Crippen LogP contribution < -0.4 is 4.72 Å². The number of sulfonamides is 1. The van der Waals surface area contributed by atoms with E-state index in [-0.39, 0.29) is 30.0 Å². The number of rotatable bonds is 8. The quantitative estimate of drug-likeness (QED) is 0.451. The van der Waals surface area contributed by atoms with Crippen molar-refractivity contribution >= 4 is 16.0 Å². The molecule has 0 spiro atoms. The molecule has 148 valence electrons. The molecule has 2 aromatic carbocycles. The van der Waals surface area contributed by atoms with Crippen molar-refractivity contribution in [3.05, 3.63) is 78.1 Å². The van der Waals surface area contributed by atoms with Crippen LogP contribution in [0, 0.1) is 11.3 Å². The van der Waals surface area contributed by atoms with Gasteiger partial charge in [-0.3, -0.25) is 0 Å². The molecule has 3 aromatic rings. The summed E-state index contributed by atoms with van der Waals surface area (Å²) in [6.45, 7) is 0.0702. The van der Waals surface area contributed by atoms with E-state index >= 15 is 0 Å². The number of hydrogen-bond donors (Lipinski definition) is 1. The van der Waals surface area contributed by atoms with Gasteiger partial charge in [0.2, 0.25) is 10.0 Å². The monoisotopic (exact) mass is 410 g/mol. The third kappa shape index (κ3) is 5.28. The molecule has 0 aliphatic carbocycles. The minimum absolute atomic E-state index is 0.0103. The molecule has 8 nitrogen and oxygen atoms in total. The summed E-state index contributed by atoms with van der Waals surface area (Å²) in [5.41, 5.74) is 1.85. The summed E-state index contributed by atoms with van der Waals surface area (Å²) in [5.74, 6) is -0.571. The zero-order valence-corrected chi connectivity index (χ0v) is 16.2. The van der Waals surface area contributed by atoms with E-state index < -0.39 is 16.0 Å². The zero-order valence-electron chi connectivity index (χ0n) is 15.4. The maximum atomic E-state index is 12.2. The van der Waals surface area contributed by atoms with E-state index in [1.807, 2.05) is 36.4 Å². The van der Waals surface area contributed by atoms with Crippen LogP contribution in [0.15, 0.2) is 71.9 Å². The Kier molecular flexibility index (Phi) is 6.39. The zero-order chi connectivity index (χ0) is 20.7. The second-order valence-corrected chi connectivity index (χ2v) is 7.80. The third-order valence-corrected chi connectivity index (χ3v) is 5.43. The lowest BCUT2D eigenvalue weighted by molar-refractivity contribution is 0.0472. The molecule has 0 fully saturated rings. The van der Waals surface area contributed by atoms with Gasteiger partial charge >= 0.3 is 5.97 Å². The SMILES string of the molecule is N#CCCNS(=O)(=O)c1ccc(C(=O)OCc2cnn(-c3ccccc3)c2)cc1. The Bertz CT molecular complexity index is 1120. The molecule has 0 saturated heterocycles. The Morgan fingerprint density at radius 1 is 1.14 bits per heavy atom. The van der Waals surface area contributed by atoms with E-state index in [0.29, 0.717) is 0 Å². The predicted octanol–water partition coefficient (Wildman–Crippen LogP) is 2.42. The molecule has 1 aromatic heterocycles. The van der Waals surface area contributed by atoms with E-state index in [9.17, 15) is 13.2 Å². The number of nitrogens with zero attached hydrogens (tertiary/aromatic N) is 3. The minimum atomic E-state index is -3.72. The summed E-state index contributed by atoms with van der Waals surface area (Å²) in [6, 6.07) is 16.8. The van der Waals surface area contributed by atoms with Crippen LogP contribution in [0.2, 0.25) is 0 Å². The molecule has 0 unspecified atom stereocenters. The number of hydrogen-bond acceptors (Lipinski definition) is 6. The summed E-state index contributed by atoms with van der Waals surface area (Å²) in [6.07, 6.45) is 3.46. The van der Waals surface area contributed by atoms with Crippen LogP contribution in [-0.4, -0.2) is 30.7 Å². The normalized spacial score (nSPS) is 11.0. The van der Waals surface area contributed by atoms with Gasteiger partial charge in [-0.25, -0.2) is 22.6 Å². The lowest BCUT2D eigenvalue weighted by atomic mass is 10.2. The van der Waals surface area contributed by atoms with Crippen LogP contribution in [0.25, 0.3) is 5.69 Å². The first-order valence-electron chi connectivity index (χ1n) is 8.72. The first-order chi connectivity index (χ1) is 14.0. The number of carbonyl (C=O) groups excluding carboxylic acids is 1. The minimum Gasteiger partial charge on any atom is -0.457 e. The summed E-state index contributed by atoms with van der Waals surface area (Å²) in [7, 11) is -3.72. The highest BCUT2D eigenvalue weighted by Crippen LogP contribution is 2.13. The number of nitriles is 1. The van der Waals surface area contributed by atoms with Gasteiger partial charge < -0.3 is 4.74 Å². The molecule has 0 atom stereocenters. The van der Waals surface area contributed by atoms with Crippen molar-refractivity contribution in [2.45, 2.75) is 17.9 Å². The van der Waals surface area contributed by atoms with Crippen molar-refractivity contribution in [3.63, 3.8) is 0 Å². The van der Waals surface area contributed by atoms with E-state index in [1.54, 1.807) is 17.1 Å². The highest BCUT2D eigenvalue weighted by molar-refractivity contribution is 7.89. The third-order valence-electron chi connectivity index (χ3n) is 3.96. The van der Waals surface area contributed by atoms with Crippen LogP contribution in [0.3, 0.4) is 0 Å². The van der Waals surface area contributed by atoms with Gasteiger partial charge in [0.15, 0.2) is 0 Å². The number of aromatic nitrogens is 2. The van der Waals surface area contributed by atoms with Crippen LogP contribution in [0.5, 0.6) is 0 Å². The molecular weight excluding hydrogens is 392 g/mol. The summed E-state index contributed by atoms with van der Waals surface area (Å²) >= 11 is 0. The molecule has 0 bridgehead atoms. The average Bonchev–Trinajstić information content (AvgIpc) is 3.22. The van der Waals surface area contributed by atoms with Crippen LogP contribution in [0.1, 0.15) is 22.3 Å². The Morgan fingerprint density at radius 2 is 1.86 bits per heavy atom. The summed E-state index contributed by atoms with van der Waals surface area (Å²) in [4.78, 5) is 12.2. The van der Waals surface area contributed by atoms with Crippen LogP contribution in [-0.2, 0) is 21.4 Å². The Balaban J connectivity index is 1.59. The van der Waals surface area contributed by atoms with Crippen LogP contribution >= 0.6 is 0 Å². The number of esters is 1. The second-order valence-electron chi connectivity index (χ2n) is 6.04. The standard InChI is InChI=1S/C20H18N4O4S/c21-11-4-12-23-29(26,27)19-9-7-17(8-10-19)20(25)28-15-16-13-22-24(14-16)18-5-2-1-3-6-18/h1-3,5-10,13-14,23H,4,12,15H2. The van der Waals surface area contributed by atoms with Crippen molar-refractivity contribution in [1.29, 1.82) is 5.26 Å². The van der Waals surface area contributed by atoms with Gasteiger partial charge in [0.05, 0.1) is 28.4 Å². The van der Waals surface area contributed by atoms with Gasteiger partial charge in [0.1, 0.15) is 6.61 Å². The molecular formula is C20H18N4O4S. The smallest absolute Gasteiger partial charge is 0.338 e. The Hall–Kier alpha value is -3.48. The molecule has 29 heavy (non-hydrogen) atoms. The molecule has 0 amide bonds. The van der Waals surface area contributed by atoms with Gasteiger partial charge in [-0.15, -0.1) is 0 Å². The highest BCUT2D eigenvalue weighted by Gasteiger charge is 2.15. The molecule has 1 N–H and O–H groups in total. The van der Waals surface area contributed by atoms with E-state index in [1.165, 1.54) is 24.3 Å². The largest absolute Gasteiger partial charge is 0.457 e. The maximum Gasteiger partial charge on any atom is 0.338 e. The molecule has 1 heterocycles. The molecule has 3 rings (SSSR count). The van der Waals surface area contributed by atoms with E-state index in [0.717, 1.165) is 11.3 Å². The van der Waals surface area contributed by atoms with Gasteiger partial charge in [-0.2, -0.15) is 10.4 Å². The summed E-state index contributed by atoms with van der Waals surface area (Å²) in [5, 5.41) is 12.7. The maximum absolute atomic E-state index is 12.2. The molecule has 9 heteroatoms. The lowest BCUT2D eigenvalue weighted by Gasteiger charge is -2.07. The molecule has 0 aliphatic rings. The fourth-order valence-corrected chi connectivity index (χ4v) is 3.52. The fourth-order valence-electron chi connectivity index (χ4n) is 2.48. The van der Waals surface area contributed by atoms with E-state index in [4.69, 9.17) is 10.00 Å². The highest BCUT2D eigenvalue weighted by atomic mass is 32.2. The second kappa shape index (κ2) is 9.14. The van der Waals surface area contributed by atoms with Gasteiger partial charge in [-0.1, -0.05) is 18.2 Å². The first-order valence-corrected chi connectivity index (χ1v) is 10.2. The Labute approximate surface area is 168 Å². The van der Waals surface area contributed by atoms with Crippen LogP contribution in [0.4, 0.5) is 0 Å². The van der Waals surface area contributed by atoms with Crippen molar-refractivity contribution < 1.29 is 17.9 Å². The molecule has 0 saturated carbocycles. The predicted molar refractivity (Wildman–Crippen MR) is 105 cm³/mol. The Morgan fingerprint density at radius 3 is 2.55 bits per heavy atom. The van der Waals surface area contributed by atoms with Gasteiger partial charge in [0, 0.05) is 24.7 Å². The van der Waals surface area contributed by atoms with Gasteiger partial charge in [0.25, 0.3) is 0 Å². The first kappa shape index (κ1) is 20.3. The molecule has 0 radical (unpaired) electrons. The summed E-state index contributed by atoms with van der Waals surface area (Å²) < 4.78 is 33.4. The number of carbonyl (C=O) groups is 1. The lowest BCUT2D eigenvalue weighted by Crippen LogP contribution is -2.24. The number of para-hydroxylation sites is 1.